The molecule has 0 saturated carbocycles. The summed E-state index contributed by atoms with van der Waals surface area (Å²) >= 11 is 0. The number of anilines is 1. The van der Waals surface area contributed by atoms with Gasteiger partial charge in [0, 0.05) is 29.9 Å². The lowest BCUT2D eigenvalue weighted by atomic mass is 10.0. The summed E-state index contributed by atoms with van der Waals surface area (Å²) < 4.78 is 55.9. The Labute approximate surface area is 236 Å². The number of imide groups is 1. The fourth-order valence-electron chi connectivity index (χ4n) is 5.72. The number of fused-ring (bicyclic) bond motifs is 2. The Bertz CT molecular complexity index is 1730. The third kappa shape index (κ3) is 4.63. The number of amides is 2. The Hall–Kier alpha value is -4.52. The number of H-pyrrole nitrogens is 2. The number of nitrogens with zero attached hydrogens (tertiary/aromatic N) is 3. The lowest BCUT2D eigenvalue weighted by Crippen LogP contribution is -2.46. The van der Waals surface area contributed by atoms with E-state index in [9.17, 15) is 31.9 Å². The number of rotatable bonds is 6. The van der Waals surface area contributed by atoms with Gasteiger partial charge in [0.1, 0.15) is 11.4 Å². The van der Waals surface area contributed by atoms with Crippen LogP contribution in [0.15, 0.2) is 35.3 Å². The number of nitrogens with one attached hydrogen (secondary N) is 3. The van der Waals surface area contributed by atoms with Gasteiger partial charge in [-0.05, 0) is 64.5 Å². The molecule has 42 heavy (non-hydrogen) atoms. The minimum absolute atomic E-state index is 0.0534. The predicted octanol–water partition coefficient (Wildman–Crippen LogP) is 4.21. The van der Waals surface area contributed by atoms with Crippen molar-refractivity contribution in [2.45, 2.75) is 38.3 Å². The zero-order chi connectivity index (χ0) is 29.9. The molecule has 0 unspecified atom stereocenters. The van der Waals surface area contributed by atoms with E-state index < -0.39 is 46.9 Å². The molecule has 2 amide bonds. The SMILES string of the molecule is C[C@@H](Cc1c(F)c(F)cc(F)c1F)Nc1cc[nH]c(=O)c1-c1nc2cc3c(cc2[nH]1)C(=O)N(C1CCN(C)CC1)C3=O. The maximum Gasteiger partial charge on any atom is 0.261 e. The van der Waals surface area contributed by atoms with Crippen LogP contribution in [0.25, 0.3) is 22.4 Å². The molecule has 4 aromatic rings. The number of carbonyl (C=O) groups excluding carboxylic acids is 2. The summed E-state index contributed by atoms with van der Waals surface area (Å²) in [6.07, 6.45) is 2.32. The van der Waals surface area contributed by atoms with Gasteiger partial charge in [-0.3, -0.25) is 19.3 Å². The molecule has 1 atom stereocenters. The Balaban J connectivity index is 1.30. The van der Waals surface area contributed by atoms with Gasteiger partial charge in [-0.1, -0.05) is 0 Å². The minimum Gasteiger partial charge on any atom is -0.381 e. The number of piperidine rings is 1. The van der Waals surface area contributed by atoms with Crippen LogP contribution in [0, 0.1) is 23.3 Å². The van der Waals surface area contributed by atoms with Gasteiger partial charge in [0.05, 0.1) is 27.8 Å². The molecule has 2 aliphatic heterocycles. The van der Waals surface area contributed by atoms with Crippen LogP contribution in [-0.4, -0.2) is 68.8 Å². The van der Waals surface area contributed by atoms with Crippen LogP contribution in [0.5, 0.6) is 0 Å². The Morgan fingerprint density at radius 1 is 1.00 bits per heavy atom. The number of likely N-dealkylation sites (tertiary alicyclic amines) is 1. The molecule has 218 valence electrons. The first kappa shape index (κ1) is 27.6. The third-order valence-electron chi connectivity index (χ3n) is 7.89. The number of benzene rings is 2. The molecule has 4 heterocycles. The van der Waals surface area contributed by atoms with Crippen LogP contribution in [0.3, 0.4) is 0 Å². The largest absolute Gasteiger partial charge is 0.381 e. The van der Waals surface area contributed by atoms with Crippen LogP contribution in [0.2, 0.25) is 0 Å². The van der Waals surface area contributed by atoms with Crippen molar-refractivity contribution in [3.8, 4) is 11.4 Å². The molecule has 0 spiro atoms. The van der Waals surface area contributed by atoms with Gasteiger partial charge in [-0.2, -0.15) is 0 Å². The van der Waals surface area contributed by atoms with E-state index in [-0.39, 0.29) is 52.1 Å². The second-order valence-electron chi connectivity index (χ2n) is 10.8. The molecule has 2 aliphatic rings. The summed E-state index contributed by atoms with van der Waals surface area (Å²) in [4.78, 5) is 53.0. The van der Waals surface area contributed by atoms with Crippen molar-refractivity contribution in [2.24, 2.45) is 0 Å². The van der Waals surface area contributed by atoms with E-state index in [1.165, 1.54) is 30.2 Å². The van der Waals surface area contributed by atoms with Crippen LogP contribution < -0.4 is 10.9 Å². The van der Waals surface area contributed by atoms with E-state index in [1.54, 1.807) is 6.07 Å². The molecule has 0 radical (unpaired) electrons. The van der Waals surface area contributed by atoms with Gasteiger partial charge in [-0.15, -0.1) is 0 Å². The molecule has 6 rings (SSSR count). The first-order valence-corrected chi connectivity index (χ1v) is 13.4. The summed E-state index contributed by atoms with van der Waals surface area (Å²) in [5.41, 5.74) is 0.253. The Kier molecular flexibility index (Phi) is 6.84. The maximum atomic E-state index is 14.2. The van der Waals surface area contributed by atoms with E-state index in [0.717, 1.165) is 13.1 Å². The first-order chi connectivity index (χ1) is 20.0. The average Bonchev–Trinajstić information content (AvgIpc) is 3.47. The Morgan fingerprint density at radius 2 is 1.64 bits per heavy atom. The van der Waals surface area contributed by atoms with E-state index in [1.807, 2.05) is 7.05 Å². The van der Waals surface area contributed by atoms with Gasteiger partial charge in [0.25, 0.3) is 17.4 Å². The van der Waals surface area contributed by atoms with Crippen molar-refractivity contribution in [3.63, 3.8) is 0 Å². The molecule has 2 aromatic heterocycles. The fraction of sp³-hybridized carbons (Fsp3) is 0.310. The molecule has 13 heteroatoms. The van der Waals surface area contributed by atoms with E-state index >= 15 is 0 Å². The summed E-state index contributed by atoms with van der Waals surface area (Å²) in [6, 6.07) is 3.77. The van der Waals surface area contributed by atoms with E-state index in [2.05, 4.69) is 25.2 Å². The molecule has 3 N–H and O–H groups in total. The second-order valence-corrected chi connectivity index (χ2v) is 10.8. The van der Waals surface area contributed by atoms with E-state index in [4.69, 9.17) is 0 Å². The van der Waals surface area contributed by atoms with Crippen LogP contribution in [0.1, 0.15) is 46.0 Å². The number of pyridine rings is 1. The van der Waals surface area contributed by atoms with Crippen molar-refractivity contribution >= 4 is 28.5 Å². The van der Waals surface area contributed by atoms with Crippen molar-refractivity contribution < 1.29 is 27.2 Å². The second kappa shape index (κ2) is 10.4. The van der Waals surface area contributed by atoms with Crippen LogP contribution >= 0.6 is 0 Å². The number of imidazole rings is 1. The summed E-state index contributed by atoms with van der Waals surface area (Å²) in [5.74, 6) is -6.62. The molecule has 0 bridgehead atoms. The van der Waals surface area contributed by atoms with Gasteiger partial charge in [0.15, 0.2) is 23.3 Å². The summed E-state index contributed by atoms with van der Waals surface area (Å²) in [6.45, 7) is 3.10. The third-order valence-corrected chi connectivity index (χ3v) is 7.89. The number of hydrogen-bond donors (Lipinski definition) is 3. The monoisotopic (exact) mass is 582 g/mol. The van der Waals surface area contributed by atoms with Crippen molar-refractivity contribution in [3.05, 3.63) is 80.8 Å². The summed E-state index contributed by atoms with van der Waals surface area (Å²) in [7, 11) is 2.00. The number of hydrogen-bond acceptors (Lipinski definition) is 6. The number of aromatic nitrogens is 3. The lowest BCUT2D eigenvalue weighted by Gasteiger charge is -2.33. The molecular weight excluding hydrogens is 556 g/mol. The average molecular weight is 583 g/mol. The number of aromatic amines is 2. The molecule has 1 fully saturated rings. The zero-order valence-electron chi connectivity index (χ0n) is 22.7. The first-order valence-electron chi connectivity index (χ1n) is 13.4. The minimum atomic E-state index is -1.51. The molecular formula is C29H26F4N6O3. The highest BCUT2D eigenvalue weighted by molar-refractivity contribution is 6.23. The Morgan fingerprint density at radius 3 is 2.31 bits per heavy atom. The molecule has 9 nitrogen and oxygen atoms in total. The van der Waals surface area contributed by atoms with Crippen molar-refractivity contribution in [2.75, 3.05) is 25.5 Å². The molecule has 1 saturated heterocycles. The molecule has 0 aliphatic carbocycles. The quantitative estimate of drug-likeness (QED) is 0.178. The normalized spacial score (nSPS) is 16.9. The predicted molar refractivity (Wildman–Crippen MR) is 146 cm³/mol. The fourth-order valence-corrected chi connectivity index (χ4v) is 5.72. The van der Waals surface area contributed by atoms with E-state index in [0.29, 0.717) is 23.9 Å². The number of carbonyl (C=O) groups is 2. The highest BCUT2D eigenvalue weighted by atomic mass is 19.2. The van der Waals surface area contributed by atoms with Gasteiger partial charge in [-0.25, -0.2) is 22.5 Å². The van der Waals surface area contributed by atoms with Gasteiger partial charge >= 0.3 is 0 Å². The topological polar surface area (TPSA) is 114 Å². The highest BCUT2D eigenvalue weighted by Crippen LogP contribution is 2.33. The van der Waals surface area contributed by atoms with Crippen LogP contribution in [-0.2, 0) is 6.42 Å². The standard InChI is InChI=1S/C29H26F4N6O3/c1-13(9-17-24(32)18(30)12-19(31)25(17)33)35-20-3-6-34-27(40)23(20)26-36-21-10-15-16(11-22(21)37-26)29(42)39(28(15)41)14-4-7-38(2)8-5-14/h3,6,10-14H,4-5,7-9H2,1-2H3,(H,36,37)(H2,34,35,40)/t13-/m0/s1. The lowest BCUT2D eigenvalue weighted by molar-refractivity contribution is 0.0516. The van der Waals surface area contributed by atoms with Crippen LogP contribution in [0.4, 0.5) is 23.2 Å². The summed E-state index contributed by atoms with van der Waals surface area (Å²) in [5, 5.41) is 2.96. The van der Waals surface area contributed by atoms with Crippen molar-refractivity contribution in [1.82, 2.24) is 24.8 Å². The van der Waals surface area contributed by atoms with Gasteiger partial charge in [0.2, 0.25) is 0 Å². The highest BCUT2D eigenvalue weighted by Gasteiger charge is 2.41. The smallest absolute Gasteiger partial charge is 0.261 e. The van der Waals surface area contributed by atoms with Gasteiger partial charge < -0.3 is 20.2 Å². The van der Waals surface area contributed by atoms with Crippen molar-refractivity contribution in [1.29, 1.82) is 0 Å². The molecule has 2 aromatic carbocycles. The maximum absolute atomic E-state index is 14.2. The zero-order valence-corrected chi connectivity index (χ0v) is 22.7. The number of halogens is 4.